The van der Waals surface area contributed by atoms with Crippen LogP contribution in [0.25, 0.3) is 6.08 Å². The van der Waals surface area contributed by atoms with E-state index in [2.05, 4.69) is 15.6 Å². The van der Waals surface area contributed by atoms with Crippen molar-refractivity contribution in [2.45, 2.75) is 64.3 Å². The molecule has 2 aromatic rings. The van der Waals surface area contributed by atoms with Gasteiger partial charge in [0, 0.05) is 37.7 Å². The number of pyridine rings is 1. The molecule has 0 saturated heterocycles. The lowest BCUT2D eigenvalue weighted by atomic mass is 9.99. The van der Waals surface area contributed by atoms with Crippen molar-refractivity contribution in [3.05, 3.63) is 77.1 Å². The van der Waals surface area contributed by atoms with E-state index in [-0.39, 0.29) is 37.6 Å². The van der Waals surface area contributed by atoms with Gasteiger partial charge in [0.1, 0.15) is 23.9 Å². The molecule has 1 aromatic carbocycles. The second-order valence-electron chi connectivity index (χ2n) is 11.3. The van der Waals surface area contributed by atoms with E-state index in [9.17, 15) is 19.2 Å². The lowest BCUT2D eigenvalue weighted by Crippen LogP contribution is -2.52. The average Bonchev–Trinajstić information content (AvgIpc) is 3.01. The van der Waals surface area contributed by atoms with Crippen LogP contribution in [0.5, 0.6) is 5.75 Å². The maximum absolute atomic E-state index is 13.3. The monoisotopic (exact) mass is 640 g/mol. The third kappa shape index (κ3) is 11.3. The van der Waals surface area contributed by atoms with Crippen LogP contribution in [0.4, 0.5) is 0 Å². The van der Waals surface area contributed by atoms with Gasteiger partial charge >= 0.3 is 11.9 Å². The molecule has 2 amide bonds. The van der Waals surface area contributed by atoms with Crippen molar-refractivity contribution in [1.29, 1.82) is 0 Å². The van der Waals surface area contributed by atoms with Crippen LogP contribution in [0, 0.1) is 11.8 Å². The maximum Gasteiger partial charge on any atom is 0.347 e. The maximum atomic E-state index is 13.3. The lowest BCUT2D eigenvalue weighted by Gasteiger charge is -2.26. The van der Waals surface area contributed by atoms with Crippen LogP contribution >= 0.6 is 11.6 Å². The Hall–Kier alpha value is -4.22. The first kappa shape index (κ1) is 35.3. The number of carbonyl (C=O) groups excluding carboxylic acids is 4. The predicted molar refractivity (Wildman–Crippen MR) is 170 cm³/mol. The molecule has 4 N–H and O–H groups in total. The minimum Gasteiger partial charge on any atom is -0.495 e. The van der Waals surface area contributed by atoms with Gasteiger partial charge in [0.15, 0.2) is 6.10 Å². The van der Waals surface area contributed by atoms with Crippen LogP contribution in [0.3, 0.4) is 0 Å². The number of methoxy groups -OCH3 is 1. The molecular weight excluding hydrogens is 600 g/mol. The zero-order chi connectivity index (χ0) is 32.9. The summed E-state index contributed by atoms with van der Waals surface area (Å²) in [4.78, 5) is 56.5. The molecule has 5 atom stereocenters. The summed E-state index contributed by atoms with van der Waals surface area (Å²) in [5.74, 6) is -2.52. The summed E-state index contributed by atoms with van der Waals surface area (Å²) < 4.78 is 16.6. The first-order valence-corrected chi connectivity index (χ1v) is 15.2. The number of carbonyl (C=O) groups is 4. The number of benzene rings is 1. The van der Waals surface area contributed by atoms with Crippen molar-refractivity contribution in [2.24, 2.45) is 17.6 Å². The Morgan fingerprint density at radius 2 is 1.91 bits per heavy atom. The van der Waals surface area contributed by atoms with E-state index in [1.54, 1.807) is 36.7 Å². The molecule has 0 spiro atoms. The number of amides is 2. The van der Waals surface area contributed by atoms with Crippen LogP contribution in [0.1, 0.15) is 44.7 Å². The molecule has 0 aliphatic carbocycles. The number of nitrogens with zero attached hydrogens (tertiary/aromatic N) is 1. The Morgan fingerprint density at radius 3 is 2.58 bits per heavy atom. The van der Waals surface area contributed by atoms with Gasteiger partial charge in [-0.25, -0.2) is 4.79 Å². The first-order valence-electron chi connectivity index (χ1n) is 14.8. The molecule has 11 nitrogen and oxygen atoms in total. The first-order chi connectivity index (χ1) is 21.5. The molecule has 3 rings (SSSR count). The largest absolute Gasteiger partial charge is 0.495 e. The molecule has 0 saturated carbocycles. The normalized spacial score (nSPS) is 23.5. The van der Waals surface area contributed by atoms with Crippen LogP contribution in [0.2, 0.25) is 5.02 Å². The highest BCUT2D eigenvalue weighted by Crippen LogP contribution is 2.25. The van der Waals surface area contributed by atoms with Crippen molar-refractivity contribution in [3.8, 4) is 5.75 Å². The van der Waals surface area contributed by atoms with E-state index in [1.807, 2.05) is 45.1 Å². The van der Waals surface area contributed by atoms with Crippen molar-refractivity contribution in [1.82, 2.24) is 15.6 Å². The Morgan fingerprint density at radius 1 is 1.13 bits per heavy atom. The predicted octanol–water partition coefficient (Wildman–Crippen LogP) is 3.39. The van der Waals surface area contributed by atoms with Gasteiger partial charge in [-0.1, -0.05) is 62.7 Å². The molecule has 0 fully saturated rings. The fourth-order valence-electron chi connectivity index (χ4n) is 4.53. The molecule has 0 radical (unpaired) electrons. The van der Waals surface area contributed by atoms with Crippen molar-refractivity contribution in [3.63, 3.8) is 0 Å². The van der Waals surface area contributed by atoms with Gasteiger partial charge in [-0.15, -0.1) is 0 Å². The molecule has 1 aliphatic rings. The zero-order valence-electron chi connectivity index (χ0n) is 25.9. The molecule has 0 bridgehead atoms. The number of nitrogens with two attached hydrogens (primary N) is 1. The molecule has 12 heteroatoms. The standard InChI is InChI=1S/C33H41ClN4O7/c1-20(2)15-29-33(42)44-27(21(3)10-11-22-7-6-14-36-18-22)8-5-9-30(39)38-26(31(40)37-19-25(35)32(41)45-29)17-23-12-13-28(43-4)24(34)16-23/h5-7,9-14,16,18,20-21,25-27,29H,8,15,17,19,35H2,1-4H3,(H,37,40)(H,38,39)/b9-5+,11-10+/t21-,25-,26-,27+,29+/m1/s1. The van der Waals surface area contributed by atoms with E-state index >= 15 is 0 Å². The number of hydrogen-bond acceptors (Lipinski definition) is 9. The molecule has 0 unspecified atom stereocenters. The quantitative estimate of drug-likeness (QED) is 0.368. The third-order valence-electron chi connectivity index (χ3n) is 7.06. The SMILES string of the molecule is COc1ccc(C[C@H]2NC(=O)/C=C/C[C@@H]([C@H](C)/C=C/c3cccnc3)OC(=O)[C@H](CC(C)C)OC(=O)[C@H](N)CNC2=O)cc1Cl. The minimum atomic E-state index is -1.27. The summed E-state index contributed by atoms with van der Waals surface area (Å²) in [6.45, 7) is 5.35. The average molecular weight is 641 g/mol. The zero-order valence-corrected chi connectivity index (χ0v) is 26.7. The molecule has 242 valence electrons. The Kier molecular flexibility index (Phi) is 13.6. The smallest absolute Gasteiger partial charge is 0.347 e. The summed E-state index contributed by atoms with van der Waals surface area (Å²) in [5, 5.41) is 5.65. The Labute approximate surface area is 268 Å². The number of halogens is 1. The van der Waals surface area contributed by atoms with Gasteiger partial charge < -0.3 is 30.6 Å². The van der Waals surface area contributed by atoms with E-state index in [4.69, 9.17) is 31.5 Å². The summed E-state index contributed by atoms with van der Waals surface area (Å²) in [6, 6.07) is 6.45. The molecular formula is C33H41ClN4O7. The molecule has 1 aliphatic heterocycles. The van der Waals surface area contributed by atoms with E-state index in [0.717, 1.165) is 5.56 Å². The van der Waals surface area contributed by atoms with Crippen molar-refractivity contribution < 1.29 is 33.4 Å². The molecule has 2 heterocycles. The van der Waals surface area contributed by atoms with Crippen molar-refractivity contribution in [2.75, 3.05) is 13.7 Å². The Bertz CT molecular complexity index is 1380. The fraction of sp³-hybridized carbons (Fsp3) is 0.424. The van der Waals surface area contributed by atoms with Crippen LogP contribution < -0.4 is 21.1 Å². The number of esters is 2. The Balaban J connectivity index is 1.89. The van der Waals surface area contributed by atoms with Crippen LogP contribution in [0.15, 0.2) is 61.0 Å². The van der Waals surface area contributed by atoms with Gasteiger partial charge in [0.05, 0.1) is 12.1 Å². The van der Waals surface area contributed by atoms with Gasteiger partial charge in [0.2, 0.25) is 11.8 Å². The van der Waals surface area contributed by atoms with Crippen LogP contribution in [-0.2, 0) is 35.1 Å². The van der Waals surface area contributed by atoms with Gasteiger partial charge in [-0.3, -0.25) is 19.4 Å². The van der Waals surface area contributed by atoms with E-state index in [0.29, 0.717) is 16.3 Å². The number of cyclic esters (lactones) is 2. The number of nitrogens with one attached hydrogen (secondary N) is 2. The minimum absolute atomic E-state index is 0.00553. The van der Waals surface area contributed by atoms with E-state index in [1.165, 1.54) is 13.2 Å². The number of rotatable bonds is 8. The van der Waals surface area contributed by atoms with Gasteiger partial charge in [0.25, 0.3) is 0 Å². The van der Waals surface area contributed by atoms with Gasteiger partial charge in [-0.2, -0.15) is 0 Å². The molecule has 1 aromatic heterocycles. The second-order valence-corrected chi connectivity index (χ2v) is 11.7. The number of ether oxygens (including phenoxy) is 3. The number of hydrogen-bond donors (Lipinski definition) is 3. The van der Waals surface area contributed by atoms with E-state index < -0.39 is 48.0 Å². The van der Waals surface area contributed by atoms with Crippen molar-refractivity contribution >= 4 is 41.4 Å². The fourth-order valence-corrected chi connectivity index (χ4v) is 4.81. The summed E-state index contributed by atoms with van der Waals surface area (Å²) >= 11 is 6.27. The highest BCUT2D eigenvalue weighted by molar-refractivity contribution is 6.32. The highest BCUT2D eigenvalue weighted by atomic mass is 35.5. The van der Waals surface area contributed by atoms with Gasteiger partial charge in [-0.05, 0) is 47.7 Å². The van der Waals surface area contributed by atoms with Crippen LogP contribution in [-0.4, -0.2) is 66.7 Å². The lowest BCUT2D eigenvalue weighted by molar-refractivity contribution is -0.174. The summed E-state index contributed by atoms with van der Waals surface area (Å²) in [5.41, 5.74) is 7.58. The second kappa shape index (κ2) is 17.3. The third-order valence-corrected chi connectivity index (χ3v) is 7.36. The highest BCUT2D eigenvalue weighted by Gasteiger charge is 2.32. The number of aromatic nitrogens is 1. The topological polar surface area (TPSA) is 159 Å². The summed E-state index contributed by atoms with van der Waals surface area (Å²) in [7, 11) is 1.49. The molecule has 45 heavy (non-hydrogen) atoms. The summed E-state index contributed by atoms with van der Waals surface area (Å²) in [6.07, 6.45) is 8.55.